The molecule has 2 aliphatic rings. The number of aromatic nitrogens is 2. The van der Waals surface area contributed by atoms with E-state index in [4.69, 9.17) is 21.3 Å². The van der Waals surface area contributed by atoms with Crippen molar-refractivity contribution in [3.05, 3.63) is 75.4 Å². The number of rotatable bonds is 6. The average Bonchev–Trinajstić information content (AvgIpc) is 3.50. The van der Waals surface area contributed by atoms with Gasteiger partial charge in [0.15, 0.2) is 0 Å². The molecule has 3 aromatic rings. The highest BCUT2D eigenvalue weighted by Crippen LogP contribution is 2.29. The molecular formula is C24H21ClFN5O3S. The normalized spacial score (nSPS) is 17.7. The van der Waals surface area contributed by atoms with Gasteiger partial charge < -0.3 is 15.0 Å². The molecule has 1 fully saturated rings. The number of carbonyl (C=O) groups excluding carboxylic acids is 2. The Morgan fingerprint density at radius 3 is 2.91 bits per heavy atom. The number of nitrogens with one attached hydrogen (secondary N) is 1. The molecule has 2 amide bonds. The first-order valence-electron chi connectivity index (χ1n) is 11.0. The first-order valence-corrected chi connectivity index (χ1v) is 12.2. The van der Waals surface area contributed by atoms with Crippen LogP contribution in [0.25, 0.3) is 5.69 Å². The molecule has 1 aromatic carbocycles. The highest BCUT2D eigenvalue weighted by molar-refractivity contribution is 7.18. The fraction of sp³-hybridized carbons (Fsp3) is 0.250. The van der Waals surface area contributed by atoms with Crippen molar-refractivity contribution in [3.63, 3.8) is 0 Å². The summed E-state index contributed by atoms with van der Waals surface area (Å²) in [7, 11) is 0. The summed E-state index contributed by atoms with van der Waals surface area (Å²) in [6.45, 7) is 0.931. The van der Waals surface area contributed by atoms with Gasteiger partial charge >= 0.3 is 0 Å². The molecular weight excluding hydrogens is 493 g/mol. The van der Waals surface area contributed by atoms with E-state index in [-0.39, 0.29) is 30.9 Å². The number of allylic oxidation sites excluding steroid dienone is 1. The van der Waals surface area contributed by atoms with Crippen LogP contribution in [-0.2, 0) is 16.1 Å². The predicted molar refractivity (Wildman–Crippen MR) is 132 cm³/mol. The van der Waals surface area contributed by atoms with E-state index in [2.05, 4.69) is 10.3 Å². The third-order valence-electron chi connectivity index (χ3n) is 5.70. The Morgan fingerprint density at radius 2 is 2.20 bits per heavy atom. The van der Waals surface area contributed by atoms with Crippen LogP contribution in [0.15, 0.2) is 53.8 Å². The SMILES string of the molecule is O=C(NCc1cn(-c2ccc(N3CCOCC3=O)cc2F)c(C2C=CN=CC2)n1)c1ccc(Cl)s1. The second kappa shape index (κ2) is 10.1. The summed E-state index contributed by atoms with van der Waals surface area (Å²) in [4.78, 5) is 35.4. The lowest BCUT2D eigenvalue weighted by molar-refractivity contribution is -0.125. The molecule has 0 spiro atoms. The second-order valence-electron chi connectivity index (χ2n) is 8.00. The number of imidazole rings is 1. The Kier molecular flexibility index (Phi) is 6.76. The van der Waals surface area contributed by atoms with Gasteiger partial charge in [0, 0.05) is 36.8 Å². The standard InChI is InChI=1S/C24H21ClFN5O3S/c25-21-4-3-20(35-21)24(33)28-12-16-13-31(23(29-16)15-5-7-27-8-6-15)19-2-1-17(11-18(19)26)30-9-10-34-14-22(30)32/h1-5,7-8,11,13,15H,6,9-10,12,14H2,(H,28,33). The molecule has 180 valence electrons. The van der Waals surface area contributed by atoms with Gasteiger partial charge in [0.1, 0.15) is 18.2 Å². The van der Waals surface area contributed by atoms with Crippen molar-refractivity contribution in [3.8, 4) is 5.69 Å². The molecule has 35 heavy (non-hydrogen) atoms. The Balaban J connectivity index is 1.43. The molecule has 1 saturated heterocycles. The average molecular weight is 514 g/mol. The molecule has 4 heterocycles. The molecule has 2 aliphatic heterocycles. The van der Waals surface area contributed by atoms with Crippen LogP contribution >= 0.6 is 22.9 Å². The molecule has 11 heteroatoms. The van der Waals surface area contributed by atoms with Crippen molar-refractivity contribution in [2.45, 2.75) is 18.9 Å². The summed E-state index contributed by atoms with van der Waals surface area (Å²) < 4.78 is 22.8. The third kappa shape index (κ3) is 5.04. The molecule has 0 radical (unpaired) electrons. The van der Waals surface area contributed by atoms with Gasteiger partial charge in [-0.3, -0.25) is 19.1 Å². The van der Waals surface area contributed by atoms with Crippen LogP contribution in [-0.4, -0.2) is 47.3 Å². The number of aliphatic imine (C=N–C) groups is 1. The maximum Gasteiger partial charge on any atom is 0.261 e. The van der Waals surface area contributed by atoms with Crippen LogP contribution in [0, 0.1) is 5.82 Å². The van der Waals surface area contributed by atoms with Crippen molar-refractivity contribution in [1.82, 2.24) is 14.9 Å². The van der Waals surface area contributed by atoms with Crippen LogP contribution in [0.2, 0.25) is 4.34 Å². The molecule has 2 aromatic heterocycles. The highest BCUT2D eigenvalue weighted by Gasteiger charge is 2.24. The number of nitrogens with zero attached hydrogens (tertiary/aromatic N) is 4. The number of amides is 2. The van der Waals surface area contributed by atoms with E-state index in [1.165, 1.54) is 22.3 Å². The van der Waals surface area contributed by atoms with Crippen LogP contribution in [0.5, 0.6) is 0 Å². The topological polar surface area (TPSA) is 88.8 Å². The highest BCUT2D eigenvalue weighted by atomic mass is 35.5. The Hall–Kier alpha value is -3.34. The number of benzene rings is 1. The predicted octanol–water partition coefficient (Wildman–Crippen LogP) is 4.09. The largest absolute Gasteiger partial charge is 0.370 e. The van der Waals surface area contributed by atoms with Gasteiger partial charge in [-0.2, -0.15) is 0 Å². The zero-order valence-electron chi connectivity index (χ0n) is 18.5. The van der Waals surface area contributed by atoms with Crippen LogP contribution < -0.4 is 10.2 Å². The molecule has 1 atom stereocenters. The van der Waals surface area contributed by atoms with Gasteiger partial charge in [-0.25, -0.2) is 9.37 Å². The number of carbonyl (C=O) groups is 2. The maximum absolute atomic E-state index is 15.4. The fourth-order valence-corrected chi connectivity index (χ4v) is 4.95. The van der Waals surface area contributed by atoms with Crippen molar-refractivity contribution >= 4 is 46.7 Å². The number of morpholine rings is 1. The number of anilines is 1. The van der Waals surface area contributed by atoms with E-state index in [9.17, 15) is 9.59 Å². The van der Waals surface area contributed by atoms with Crippen molar-refractivity contribution in [2.24, 2.45) is 4.99 Å². The van der Waals surface area contributed by atoms with E-state index in [0.29, 0.717) is 51.7 Å². The summed E-state index contributed by atoms with van der Waals surface area (Å²) in [6, 6.07) is 8.03. The number of halogens is 2. The van der Waals surface area contributed by atoms with Gasteiger partial charge in [-0.1, -0.05) is 17.7 Å². The van der Waals surface area contributed by atoms with Crippen molar-refractivity contribution < 1.29 is 18.7 Å². The number of hydrogen-bond donors (Lipinski definition) is 1. The second-order valence-corrected chi connectivity index (χ2v) is 9.71. The van der Waals surface area contributed by atoms with E-state index >= 15 is 4.39 Å². The molecule has 5 rings (SSSR count). The van der Waals surface area contributed by atoms with Gasteiger partial charge in [0.2, 0.25) is 0 Å². The lowest BCUT2D eigenvalue weighted by atomic mass is 10.0. The number of hydrogen-bond acceptors (Lipinski definition) is 6. The van der Waals surface area contributed by atoms with Gasteiger partial charge in [-0.15, -0.1) is 11.3 Å². The Morgan fingerprint density at radius 1 is 1.31 bits per heavy atom. The van der Waals surface area contributed by atoms with Gasteiger partial charge in [0.25, 0.3) is 11.8 Å². The minimum absolute atomic E-state index is 0.0165. The lowest BCUT2D eigenvalue weighted by Gasteiger charge is -2.27. The minimum Gasteiger partial charge on any atom is -0.370 e. The maximum atomic E-state index is 15.4. The summed E-state index contributed by atoms with van der Waals surface area (Å²) in [5.74, 6) is -0.424. The molecule has 1 unspecified atom stereocenters. The summed E-state index contributed by atoms with van der Waals surface area (Å²) >= 11 is 7.12. The molecule has 1 N–H and O–H groups in total. The van der Waals surface area contributed by atoms with Crippen molar-refractivity contribution in [1.29, 1.82) is 0 Å². The fourth-order valence-electron chi connectivity index (χ4n) is 3.99. The zero-order chi connectivity index (χ0) is 24.4. The van der Waals surface area contributed by atoms with E-state index in [0.717, 1.165) is 0 Å². The number of thiophene rings is 1. The molecule has 0 saturated carbocycles. The van der Waals surface area contributed by atoms with E-state index < -0.39 is 5.82 Å². The summed E-state index contributed by atoms with van der Waals surface area (Å²) in [5.41, 5.74) is 1.36. The van der Waals surface area contributed by atoms with E-state index in [1.807, 2.05) is 6.08 Å². The quantitative estimate of drug-likeness (QED) is 0.537. The van der Waals surface area contributed by atoms with Gasteiger partial charge in [-0.05, 0) is 36.8 Å². The molecule has 0 aliphatic carbocycles. The summed E-state index contributed by atoms with van der Waals surface area (Å²) in [5, 5.41) is 2.84. The summed E-state index contributed by atoms with van der Waals surface area (Å²) in [6.07, 6.45) is 7.73. The zero-order valence-corrected chi connectivity index (χ0v) is 20.1. The first-order chi connectivity index (χ1) is 17.0. The first kappa shape index (κ1) is 23.4. The Bertz CT molecular complexity index is 1330. The minimum atomic E-state index is -0.488. The van der Waals surface area contributed by atoms with E-state index in [1.54, 1.807) is 47.4 Å². The van der Waals surface area contributed by atoms with Crippen LogP contribution in [0.3, 0.4) is 0 Å². The monoisotopic (exact) mass is 513 g/mol. The third-order valence-corrected chi connectivity index (χ3v) is 6.93. The smallest absolute Gasteiger partial charge is 0.261 e. The van der Waals surface area contributed by atoms with Gasteiger partial charge in [0.05, 0.1) is 33.7 Å². The Labute approximate surface area is 209 Å². The van der Waals surface area contributed by atoms with Crippen molar-refractivity contribution in [2.75, 3.05) is 24.7 Å². The molecule has 8 nitrogen and oxygen atoms in total. The van der Waals surface area contributed by atoms with Crippen LogP contribution in [0.1, 0.15) is 33.5 Å². The number of ether oxygens (including phenoxy) is 1. The lowest BCUT2D eigenvalue weighted by Crippen LogP contribution is -2.41. The molecule has 0 bridgehead atoms. The van der Waals surface area contributed by atoms with Crippen LogP contribution in [0.4, 0.5) is 10.1 Å².